The molecule has 0 unspecified atom stereocenters. The van der Waals surface area contributed by atoms with Crippen molar-refractivity contribution in [1.29, 1.82) is 0 Å². The zero-order chi connectivity index (χ0) is 21.3. The van der Waals surface area contributed by atoms with Gasteiger partial charge in [0.05, 0.1) is 19.1 Å². The molecule has 3 aromatic rings. The largest absolute Gasteiger partial charge is 0.870 e. The highest BCUT2D eigenvalue weighted by Gasteiger charge is 2.13. The molecule has 0 spiro atoms. The zero-order valence-corrected chi connectivity index (χ0v) is 19.0. The van der Waals surface area contributed by atoms with Crippen LogP contribution in [0.15, 0.2) is 56.2 Å². The Hall–Kier alpha value is -2.27. The predicted molar refractivity (Wildman–Crippen MR) is 119 cm³/mol. The highest BCUT2D eigenvalue weighted by atomic mass is 35.5. The summed E-state index contributed by atoms with van der Waals surface area (Å²) < 4.78 is 6.67. The first kappa shape index (κ1) is 22.4. The summed E-state index contributed by atoms with van der Waals surface area (Å²) in [6.45, 7) is 0. The van der Waals surface area contributed by atoms with E-state index >= 15 is 0 Å². The number of nitrogens with one attached hydrogen (secondary N) is 2. The normalized spacial score (nSPS) is 11.0. The van der Waals surface area contributed by atoms with Gasteiger partial charge in [-0.05, 0) is 52.4 Å². The maximum Gasteiger partial charge on any atom is 0.323 e. The minimum Gasteiger partial charge on any atom is -0.870 e. The number of thioether (sulfide) groups is 2. The summed E-state index contributed by atoms with van der Waals surface area (Å²) in [7, 11) is 1.42. The Balaban J connectivity index is 1.43. The number of halogens is 1. The number of nitrogens with zero attached hydrogens (tertiary/aromatic N) is 2. The van der Waals surface area contributed by atoms with Gasteiger partial charge < -0.3 is 9.84 Å². The van der Waals surface area contributed by atoms with Crippen molar-refractivity contribution in [1.82, 2.24) is 10.5 Å². The smallest absolute Gasteiger partial charge is 0.323 e. The summed E-state index contributed by atoms with van der Waals surface area (Å²) in [5.41, 5.74) is 3.90. The molecule has 156 valence electrons. The van der Waals surface area contributed by atoms with Crippen LogP contribution in [-0.2, 0) is 10.5 Å². The average Bonchev–Trinajstić information content (AvgIpc) is 3.21. The van der Waals surface area contributed by atoms with E-state index in [1.807, 2.05) is 24.3 Å². The van der Waals surface area contributed by atoms with Gasteiger partial charge in [-0.15, -0.1) is 0 Å². The van der Waals surface area contributed by atoms with Crippen LogP contribution in [0.3, 0.4) is 0 Å². The molecule has 0 saturated carbocycles. The van der Waals surface area contributed by atoms with E-state index in [4.69, 9.17) is 16.3 Å². The molecule has 0 atom stereocenters. The van der Waals surface area contributed by atoms with Crippen molar-refractivity contribution in [3.63, 3.8) is 0 Å². The Morgan fingerprint density at radius 2 is 2.13 bits per heavy atom. The lowest BCUT2D eigenvalue weighted by molar-refractivity contribution is -0.492. The van der Waals surface area contributed by atoms with Gasteiger partial charge in [0.25, 0.3) is 5.91 Å². The number of carbonyl (C=O) groups excluding carboxylic acids is 1. The maximum absolute atomic E-state index is 12.0. The minimum absolute atomic E-state index is 0.155. The highest BCUT2D eigenvalue weighted by molar-refractivity contribution is 8.03. The second kappa shape index (κ2) is 11.2. The number of amides is 1. The van der Waals surface area contributed by atoms with Crippen molar-refractivity contribution in [2.45, 2.75) is 14.4 Å². The first-order valence-electron chi connectivity index (χ1n) is 8.59. The van der Waals surface area contributed by atoms with Gasteiger partial charge in [0, 0.05) is 15.9 Å². The molecule has 1 amide bonds. The zero-order valence-electron chi connectivity index (χ0n) is 15.8. The Morgan fingerprint density at radius 1 is 1.33 bits per heavy atom. The van der Waals surface area contributed by atoms with E-state index in [9.17, 15) is 9.90 Å². The molecule has 0 fully saturated rings. The third-order valence-electron chi connectivity index (χ3n) is 3.65. The van der Waals surface area contributed by atoms with E-state index < -0.39 is 0 Å². The summed E-state index contributed by atoms with van der Waals surface area (Å²) in [5, 5.41) is 23.7. The molecule has 30 heavy (non-hydrogen) atoms. The topological polar surface area (TPSA) is 101 Å². The second-order valence-corrected chi connectivity index (χ2v) is 9.66. The summed E-state index contributed by atoms with van der Waals surface area (Å²) >= 11 is 10.3. The number of benzene rings is 2. The molecule has 7 nitrogen and oxygen atoms in total. The molecular weight excluding hydrogens is 464 g/mol. The Morgan fingerprint density at radius 3 is 2.90 bits per heavy atom. The van der Waals surface area contributed by atoms with Crippen LogP contribution in [0, 0.1) is 0 Å². The molecular formula is C19H17ClN4O3S3. The van der Waals surface area contributed by atoms with E-state index in [2.05, 4.69) is 20.7 Å². The fourth-order valence-corrected chi connectivity index (χ4v) is 5.16. The van der Waals surface area contributed by atoms with Crippen molar-refractivity contribution in [3.05, 3.63) is 58.6 Å². The maximum atomic E-state index is 12.0. The quantitative estimate of drug-likeness (QED) is 0.286. The predicted octanol–water partition coefficient (Wildman–Crippen LogP) is 3.23. The number of aromatic amines is 1. The number of H-pyrrole nitrogens is 1. The van der Waals surface area contributed by atoms with Gasteiger partial charge in [0.2, 0.25) is 4.34 Å². The van der Waals surface area contributed by atoms with Crippen molar-refractivity contribution < 1.29 is 19.7 Å². The van der Waals surface area contributed by atoms with Crippen molar-refractivity contribution in [2.75, 3.05) is 12.9 Å². The minimum atomic E-state index is -0.294. The van der Waals surface area contributed by atoms with Crippen molar-refractivity contribution in [2.24, 2.45) is 5.10 Å². The molecule has 1 heterocycles. The second-order valence-electron chi connectivity index (χ2n) is 5.75. The molecule has 1 aromatic heterocycles. The molecule has 0 aliphatic heterocycles. The SMILES string of the molecule is COc1cccc(/C=N/NC(=O)CSc2n[nH+]c(SCc3ccc(Cl)cc3)s2)c1[O-]. The van der Waals surface area contributed by atoms with E-state index in [-0.39, 0.29) is 23.2 Å². The van der Waals surface area contributed by atoms with Crippen LogP contribution in [-0.4, -0.2) is 30.1 Å². The van der Waals surface area contributed by atoms with Gasteiger partial charge in [0.15, 0.2) is 0 Å². The van der Waals surface area contributed by atoms with Gasteiger partial charge in [-0.1, -0.05) is 58.5 Å². The number of aromatic nitrogens is 2. The number of hydrogen-bond acceptors (Lipinski definition) is 8. The highest BCUT2D eigenvalue weighted by Crippen LogP contribution is 2.29. The molecule has 3 rings (SSSR count). The number of rotatable bonds is 9. The average molecular weight is 481 g/mol. The molecule has 0 aliphatic rings. The van der Waals surface area contributed by atoms with Crippen LogP contribution in [0.1, 0.15) is 11.1 Å². The summed E-state index contributed by atoms with van der Waals surface area (Å²) in [5.74, 6) is 0.598. The molecule has 0 bridgehead atoms. The van der Waals surface area contributed by atoms with Gasteiger partial charge in [-0.25, -0.2) is 5.43 Å². The van der Waals surface area contributed by atoms with Crippen LogP contribution >= 0.6 is 46.5 Å². The third-order valence-corrected chi connectivity index (χ3v) is 7.23. The monoisotopic (exact) mass is 480 g/mol. The summed E-state index contributed by atoms with van der Waals surface area (Å²) in [4.78, 5) is 12.0. The van der Waals surface area contributed by atoms with Gasteiger partial charge >= 0.3 is 4.34 Å². The summed E-state index contributed by atoms with van der Waals surface area (Å²) in [6.07, 6.45) is 1.30. The van der Waals surface area contributed by atoms with Crippen molar-refractivity contribution in [3.8, 4) is 11.5 Å². The van der Waals surface area contributed by atoms with Crippen molar-refractivity contribution >= 4 is 58.6 Å². The lowest BCUT2D eigenvalue weighted by Gasteiger charge is -2.14. The van der Waals surface area contributed by atoms with Crippen LogP contribution in [0.2, 0.25) is 5.02 Å². The standard InChI is InChI=1S/C19H17ClN4O3S3/c1-27-15-4-2-3-13(17(15)26)9-21-22-16(25)11-29-19-24-23-18(30-19)28-10-12-5-7-14(20)8-6-12/h2-9,26H,10-11H2,1H3,(H,22,25)/b21-9+. The number of carbonyl (C=O) groups is 1. The molecule has 0 saturated heterocycles. The Bertz CT molecular complexity index is 1030. The number of para-hydroxylation sites is 1. The number of methoxy groups -OCH3 is 1. The molecule has 2 aromatic carbocycles. The first-order valence-corrected chi connectivity index (χ1v) is 11.8. The van der Waals surface area contributed by atoms with Gasteiger partial charge in [0.1, 0.15) is 5.75 Å². The Labute approximate surface area is 190 Å². The van der Waals surface area contributed by atoms with E-state index in [1.165, 1.54) is 36.4 Å². The van der Waals surface area contributed by atoms with Crippen LogP contribution in [0.4, 0.5) is 0 Å². The van der Waals surface area contributed by atoms with Gasteiger partial charge in [-0.3, -0.25) is 4.79 Å². The van der Waals surface area contributed by atoms with Crippen LogP contribution < -0.4 is 20.4 Å². The number of ether oxygens (including phenoxy) is 1. The fourth-order valence-electron chi connectivity index (χ4n) is 2.20. The molecule has 0 radical (unpaired) electrons. The molecule has 0 aliphatic carbocycles. The first-order chi connectivity index (χ1) is 14.5. The van der Waals surface area contributed by atoms with Crippen LogP contribution in [0.25, 0.3) is 0 Å². The van der Waals surface area contributed by atoms with E-state index in [1.54, 1.807) is 30.0 Å². The fraction of sp³-hybridized carbons (Fsp3) is 0.158. The lowest BCUT2D eigenvalue weighted by Crippen LogP contribution is -2.19. The Kier molecular flexibility index (Phi) is 8.38. The van der Waals surface area contributed by atoms with E-state index in [0.717, 1.165) is 20.0 Å². The van der Waals surface area contributed by atoms with Gasteiger partial charge in [-0.2, -0.15) is 5.10 Å². The molecule has 11 heteroatoms. The van der Waals surface area contributed by atoms with E-state index in [0.29, 0.717) is 10.6 Å². The van der Waals surface area contributed by atoms with Crippen LogP contribution in [0.5, 0.6) is 11.5 Å². The lowest BCUT2D eigenvalue weighted by atomic mass is 10.2. The summed E-state index contributed by atoms with van der Waals surface area (Å²) in [6, 6.07) is 12.5. The third kappa shape index (κ3) is 6.63. The molecule has 2 N–H and O–H groups in total. The number of hydrogen-bond donors (Lipinski definition) is 1. The number of hydrazone groups is 1.